The Morgan fingerprint density at radius 2 is 1.78 bits per heavy atom. The summed E-state index contributed by atoms with van der Waals surface area (Å²) in [5, 5.41) is 3.14. The molecule has 0 bridgehead atoms. The second-order valence-corrected chi connectivity index (χ2v) is 5.84. The molecule has 0 radical (unpaired) electrons. The smallest absolute Gasteiger partial charge is 0.251 e. The fourth-order valence-electron chi connectivity index (χ4n) is 2.90. The molecule has 1 aromatic carbocycles. The van der Waals surface area contributed by atoms with Gasteiger partial charge in [0.05, 0.1) is 0 Å². The Kier molecular flexibility index (Phi) is 4.88. The van der Waals surface area contributed by atoms with Gasteiger partial charge in [-0.1, -0.05) is 12.1 Å². The first kappa shape index (κ1) is 15.5. The normalized spacial score (nSPS) is 15.4. The number of carbonyl (C=O) groups is 1. The molecule has 1 aliphatic heterocycles. The first-order chi connectivity index (χ1) is 11.3. The number of rotatable bonds is 4. The minimum Gasteiger partial charge on any atom is -0.371 e. The molecule has 0 aliphatic carbocycles. The van der Waals surface area contributed by atoms with Crippen LogP contribution in [0.2, 0.25) is 0 Å². The minimum atomic E-state index is -0.00377. The molecule has 1 fully saturated rings. The maximum absolute atomic E-state index is 12.3. The quantitative estimate of drug-likeness (QED) is 0.905. The monoisotopic (exact) mass is 310 g/mol. The third kappa shape index (κ3) is 3.87. The fraction of sp³-hybridized carbons (Fsp3) is 0.333. The van der Waals surface area contributed by atoms with Crippen LogP contribution in [0.1, 0.15) is 28.8 Å². The maximum atomic E-state index is 12.3. The molecular weight excluding hydrogens is 288 g/mol. The number of nitrogens with one attached hydrogen (secondary N) is 1. The van der Waals surface area contributed by atoms with E-state index in [2.05, 4.69) is 15.2 Å². The molecule has 0 atom stereocenters. The van der Waals surface area contributed by atoms with Crippen LogP contribution in [-0.4, -0.2) is 30.0 Å². The maximum Gasteiger partial charge on any atom is 0.251 e. The fourth-order valence-corrected chi connectivity index (χ4v) is 2.90. The van der Waals surface area contributed by atoms with E-state index in [1.165, 1.54) is 5.69 Å². The first-order valence-electron chi connectivity index (χ1n) is 8.01. The molecule has 1 amide bonds. The number of pyridine rings is 1. The van der Waals surface area contributed by atoms with Gasteiger partial charge in [0.15, 0.2) is 0 Å². The van der Waals surface area contributed by atoms with Crippen LogP contribution >= 0.6 is 0 Å². The molecule has 0 unspecified atom stereocenters. The van der Waals surface area contributed by atoms with Crippen molar-refractivity contribution in [3.63, 3.8) is 0 Å². The molecule has 0 saturated carbocycles. The largest absolute Gasteiger partial charge is 0.371 e. The Morgan fingerprint density at radius 1 is 1.13 bits per heavy atom. The molecule has 2 aromatic rings. The summed E-state index contributed by atoms with van der Waals surface area (Å²) in [6.07, 6.45) is 5.53. The average molecular weight is 310 g/mol. The van der Waals surface area contributed by atoms with E-state index in [-0.39, 0.29) is 11.9 Å². The van der Waals surface area contributed by atoms with Crippen molar-refractivity contribution in [2.24, 2.45) is 5.73 Å². The zero-order valence-corrected chi connectivity index (χ0v) is 13.1. The van der Waals surface area contributed by atoms with E-state index in [1.807, 2.05) is 48.8 Å². The van der Waals surface area contributed by atoms with Gasteiger partial charge in [-0.15, -0.1) is 0 Å². The molecule has 2 heterocycles. The van der Waals surface area contributed by atoms with Crippen LogP contribution < -0.4 is 16.0 Å². The first-order valence-corrected chi connectivity index (χ1v) is 8.01. The van der Waals surface area contributed by atoms with E-state index in [0.717, 1.165) is 31.5 Å². The second-order valence-electron chi connectivity index (χ2n) is 5.84. The van der Waals surface area contributed by atoms with Crippen molar-refractivity contribution in [3.05, 3.63) is 59.9 Å². The second kappa shape index (κ2) is 7.24. The number of anilines is 1. The van der Waals surface area contributed by atoms with Crippen molar-refractivity contribution in [1.29, 1.82) is 0 Å². The lowest BCUT2D eigenvalue weighted by molar-refractivity contribution is 0.0931. The van der Waals surface area contributed by atoms with Gasteiger partial charge < -0.3 is 16.0 Å². The number of nitrogens with two attached hydrogens (primary N) is 1. The van der Waals surface area contributed by atoms with Gasteiger partial charge in [-0.2, -0.15) is 0 Å². The van der Waals surface area contributed by atoms with E-state index in [4.69, 9.17) is 5.73 Å². The van der Waals surface area contributed by atoms with Crippen LogP contribution in [-0.2, 0) is 6.54 Å². The highest BCUT2D eigenvalue weighted by atomic mass is 16.1. The summed E-state index contributed by atoms with van der Waals surface area (Å²) in [6.45, 7) is 2.39. The molecule has 1 aromatic heterocycles. The van der Waals surface area contributed by atoms with Gasteiger partial charge in [0.2, 0.25) is 0 Å². The van der Waals surface area contributed by atoms with Crippen molar-refractivity contribution in [1.82, 2.24) is 10.3 Å². The lowest BCUT2D eigenvalue weighted by atomic mass is 10.0. The topological polar surface area (TPSA) is 71.2 Å². The van der Waals surface area contributed by atoms with Crippen LogP contribution in [0, 0.1) is 0 Å². The van der Waals surface area contributed by atoms with Gasteiger partial charge in [-0.25, -0.2) is 0 Å². The van der Waals surface area contributed by atoms with E-state index >= 15 is 0 Å². The highest BCUT2D eigenvalue weighted by Crippen LogP contribution is 2.19. The molecule has 5 heteroatoms. The number of aromatic nitrogens is 1. The number of piperidine rings is 1. The number of benzene rings is 1. The van der Waals surface area contributed by atoms with Crippen LogP contribution in [0.3, 0.4) is 0 Å². The van der Waals surface area contributed by atoms with Crippen LogP contribution in [0.4, 0.5) is 5.69 Å². The van der Waals surface area contributed by atoms with E-state index < -0.39 is 0 Å². The summed E-state index contributed by atoms with van der Waals surface area (Å²) in [5.74, 6) is -0.00377. The molecular formula is C18H22N4O. The van der Waals surface area contributed by atoms with Crippen LogP contribution in [0.15, 0.2) is 48.8 Å². The third-order valence-electron chi connectivity index (χ3n) is 4.31. The lowest BCUT2D eigenvalue weighted by Crippen LogP contribution is -2.44. The van der Waals surface area contributed by atoms with Crippen molar-refractivity contribution in [2.75, 3.05) is 18.0 Å². The van der Waals surface area contributed by atoms with Crippen molar-refractivity contribution in [3.8, 4) is 0 Å². The van der Waals surface area contributed by atoms with Crippen molar-refractivity contribution < 1.29 is 4.79 Å². The van der Waals surface area contributed by atoms with Gasteiger partial charge in [0, 0.05) is 49.3 Å². The highest BCUT2D eigenvalue weighted by molar-refractivity contribution is 5.94. The standard InChI is InChI=1S/C18H22N4O/c19-13-14-1-3-15(4-2-14)18(23)21-16-7-11-22(12-8-16)17-5-9-20-10-6-17/h1-6,9-10,16H,7-8,11-13,19H2,(H,21,23). The molecule has 23 heavy (non-hydrogen) atoms. The summed E-state index contributed by atoms with van der Waals surface area (Å²) in [7, 11) is 0. The summed E-state index contributed by atoms with van der Waals surface area (Å²) >= 11 is 0. The summed E-state index contributed by atoms with van der Waals surface area (Å²) in [4.78, 5) is 18.7. The van der Waals surface area contributed by atoms with Gasteiger partial charge in [-0.05, 0) is 42.7 Å². The average Bonchev–Trinajstić information content (AvgIpc) is 2.63. The Balaban J connectivity index is 1.53. The number of hydrogen-bond acceptors (Lipinski definition) is 4. The Bertz CT molecular complexity index is 634. The molecule has 3 rings (SSSR count). The molecule has 120 valence electrons. The Hall–Kier alpha value is -2.40. The van der Waals surface area contributed by atoms with Gasteiger partial charge in [0.25, 0.3) is 5.91 Å². The van der Waals surface area contributed by atoms with Crippen LogP contribution in [0.25, 0.3) is 0 Å². The van der Waals surface area contributed by atoms with E-state index in [0.29, 0.717) is 12.1 Å². The number of hydrogen-bond donors (Lipinski definition) is 2. The molecule has 5 nitrogen and oxygen atoms in total. The Morgan fingerprint density at radius 3 is 2.39 bits per heavy atom. The van der Waals surface area contributed by atoms with Gasteiger partial charge in [-0.3, -0.25) is 9.78 Å². The third-order valence-corrected chi connectivity index (χ3v) is 4.31. The van der Waals surface area contributed by atoms with Crippen LogP contribution in [0.5, 0.6) is 0 Å². The predicted molar refractivity (Wildman–Crippen MR) is 91.3 cm³/mol. The summed E-state index contributed by atoms with van der Waals surface area (Å²) in [5.41, 5.74) is 8.50. The Labute approximate surface area is 136 Å². The molecule has 1 saturated heterocycles. The zero-order chi connectivity index (χ0) is 16.1. The zero-order valence-electron chi connectivity index (χ0n) is 13.1. The van der Waals surface area contributed by atoms with Crippen molar-refractivity contribution >= 4 is 11.6 Å². The lowest BCUT2D eigenvalue weighted by Gasteiger charge is -2.33. The number of amides is 1. The summed E-state index contributed by atoms with van der Waals surface area (Å²) < 4.78 is 0. The summed E-state index contributed by atoms with van der Waals surface area (Å²) in [6, 6.07) is 11.8. The highest BCUT2D eigenvalue weighted by Gasteiger charge is 2.21. The van der Waals surface area contributed by atoms with E-state index in [9.17, 15) is 4.79 Å². The number of carbonyl (C=O) groups excluding carboxylic acids is 1. The molecule has 3 N–H and O–H groups in total. The molecule has 0 spiro atoms. The number of nitrogens with zero attached hydrogens (tertiary/aromatic N) is 2. The van der Waals surface area contributed by atoms with Gasteiger partial charge >= 0.3 is 0 Å². The predicted octanol–water partition coefficient (Wildman–Crippen LogP) is 1.94. The SMILES string of the molecule is NCc1ccc(C(=O)NC2CCN(c3ccncc3)CC2)cc1. The van der Waals surface area contributed by atoms with E-state index in [1.54, 1.807) is 0 Å². The minimum absolute atomic E-state index is 0.00377. The van der Waals surface area contributed by atoms with Crippen molar-refractivity contribution in [2.45, 2.75) is 25.4 Å². The molecule has 1 aliphatic rings. The van der Waals surface area contributed by atoms with Gasteiger partial charge in [0.1, 0.15) is 0 Å².